The first-order chi connectivity index (χ1) is 18.6. The number of aromatic nitrogens is 3. The van der Waals surface area contributed by atoms with E-state index in [-0.39, 0.29) is 11.6 Å². The highest BCUT2D eigenvalue weighted by atomic mass is 19.1. The zero-order valence-electron chi connectivity index (χ0n) is 21.3. The summed E-state index contributed by atoms with van der Waals surface area (Å²) in [5.74, 6) is 2.91. The summed E-state index contributed by atoms with van der Waals surface area (Å²) in [6.07, 6.45) is 11.3. The van der Waals surface area contributed by atoms with Crippen LogP contribution in [0.1, 0.15) is 31.2 Å². The number of benzene rings is 2. The quantitative estimate of drug-likeness (QED) is 0.343. The molecule has 2 atom stereocenters. The van der Waals surface area contributed by atoms with Gasteiger partial charge in [0.2, 0.25) is 0 Å². The van der Waals surface area contributed by atoms with E-state index in [1.165, 1.54) is 26.0 Å². The monoisotopic (exact) mass is 513 g/mol. The lowest BCUT2D eigenvalue weighted by Crippen LogP contribution is -2.37. The predicted octanol–water partition coefficient (Wildman–Crippen LogP) is 5.38. The van der Waals surface area contributed by atoms with Gasteiger partial charge in [0, 0.05) is 42.8 Å². The number of hydrogen-bond acceptors (Lipinski definition) is 6. The Morgan fingerprint density at radius 2 is 1.97 bits per heavy atom. The van der Waals surface area contributed by atoms with Crippen molar-refractivity contribution in [1.29, 1.82) is 0 Å². The second-order valence-electron chi connectivity index (χ2n) is 10.1. The molecule has 4 aromatic rings. The maximum atomic E-state index is 14.4. The summed E-state index contributed by atoms with van der Waals surface area (Å²) in [6.45, 7) is 3.71. The zero-order valence-corrected chi connectivity index (χ0v) is 21.3. The van der Waals surface area contributed by atoms with E-state index in [1.807, 2.05) is 24.3 Å². The van der Waals surface area contributed by atoms with E-state index < -0.39 is 12.0 Å². The molecule has 8 heteroatoms. The Kier molecular flexibility index (Phi) is 6.54. The molecular weight excluding hydrogens is 484 g/mol. The Balaban J connectivity index is 0.000000246. The molecule has 3 fully saturated rings. The van der Waals surface area contributed by atoms with Gasteiger partial charge < -0.3 is 9.64 Å². The third-order valence-corrected chi connectivity index (χ3v) is 7.75. The van der Waals surface area contributed by atoms with Gasteiger partial charge in [0.25, 0.3) is 0 Å². The number of hydrogen-bond donors (Lipinski definition) is 0. The number of pyridine rings is 1. The van der Waals surface area contributed by atoms with Crippen molar-refractivity contribution in [2.45, 2.75) is 37.9 Å². The maximum Gasteiger partial charge on any atom is 0.316 e. The molecule has 5 heterocycles. The van der Waals surface area contributed by atoms with Crippen LogP contribution in [0.5, 0.6) is 6.01 Å². The van der Waals surface area contributed by atoms with Gasteiger partial charge in [0.05, 0.1) is 29.3 Å². The second kappa shape index (κ2) is 10.1. The molecular formula is C30H29F2N5O. The lowest BCUT2D eigenvalue weighted by molar-refractivity contribution is 0.292. The number of alkyl halides is 1. The number of ether oxygens (including phenoxy) is 1. The zero-order chi connectivity index (χ0) is 26.2. The number of fused-ring (bicyclic) bond motifs is 3. The van der Waals surface area contributed by atoms with E-state index in [1.54, 1.807) is 12.3 Å². The van der Waals surface area contributed by atoms with Crippen molar-refractivity contribution in [3.05, 3.63) is 54.0 Å². The average molecular weight is 514 g/mol. The van der Waals surface area contributed by atoms with Crippen molar-refractivity contribution in [3.8, 4) is 29.6 Å². The molecule has 38 heavy (non-hydrogen) atoms. The molecule has 3 aliphatic heterocycles. The molecule has 0 aliphatic carbocycles. The number of methoxy groups -OCH3 is 1. The van der Waals surface area contributed by atoms with Crippen molar-refractivity contribution in [2.24, 2.45) is 0 Å². The van der Waals surface area contributed by atoms with Crippen LogP contribution in [0.25, 0.3) is 32.9 Å². The Hall–Kier alpha value is -3.83. The summed E-state index contributed by atoms with van der Waals surface area (Å²) >= 11 is 0. The molecule has 2 aromatic heterocycles. The number of anilines is 1. The van der Waals surface area contributed by atoms with E-state index in [4.69, 9.17) is 16.1 Å². The number of rotatable bonds is 3. The van der Waals surface area contributed by atoms with E-state index in [0.29, 0.717) is 23.7 Å². The molecule has 2 aromatic carbocycles. The molecule has 2 unspecified atom stereocenters. The normalized spacial score (nSPS) is 20.5. The summed E-state index contributed by atoms with van der Waals surface area (Å²) in [5.41, 5.74) is 2.43. The largest absolute Gasteiger partial charge is 0.467 e. The molecule has 0 spiro atoms. The topological polar surface area (TPSA) is 54.4 Å². The van der Waals surface area contributed by atoms with Crippen LogP contribution in [0.3, 0.4) is 0 Å². The molecule has 0 radical (unpaired) electrons. The standard InChI is InChI=1S/C23H17FN4O.C7H12FN/c1-3-15-18(24)9-8-14-6-4-7-16(21(14)15)19-12-20-17(13-25-23(27-20)29-2)22(26-19)28-10-5-11-28;8-6-4-7-2-1-3-9(7)5-6/h1,4,6-9,12-13H,5,10-11H2,2H3;6-7H,1-5H2. The molecule has 0 bridgehead atoms. The minimum absolute atomic E-state index is 0.241. The van der Waals surface area contributed by atoms with Gasteiger partial charge in [-0.3, -0.25) is 4.90 Å². The Morgan fingerprint density at radius 1 is 1.11 bits per heavy atom. The summed E-state index contributed by atoms with van der Waals surface area (Å²) < 4.78 is 32.2. The summed E-state index contributed by atoms with van der Waals surface area (Å²) in [5, 5.41) is 2.40. The van der Waals surface area contributed by atoms with Gasteiger partial charge in [-0.2, -0.15) is 4.98 Å². The highest BCUT2D eigenvalue weighted by Gasteiger charge is 2.34. The summed E-state index contributed by atoms with van der Waals surface area (Å²) in [7, 11) is 1.53. The molecule has 0 saturated carbocycles. The van der Waals surface area contributed by atoms with Crippen LogP contribution in [-0.4, -0.2) is 65.4 Å². The first-order valence-corrected chi connectivity index (χ1v) is 13.1. The number of terminal acetylenes is 1. The third kappa shape index (κ3) is 4.41. The Labute approximate surface area is 220 Å². The van der Waals surface area contributed by atoms with Crippen molar-refractivity contribution in [1.82, 2.24) is 19.9 Å². The fraction of sp³-hybridized carbons (Fsp3) is 0.367. The van der Waals surface area contributed by atoms with E-state index >= 15 is 0 Å². The van der Waals surface area contributed by atoms with Gasteiger partial charge in [0.15, 0.2) is 0 Å². The van der Waals surface area contributed by atoms with Crippen molar-refractivity contribution in [2.75, 3.05) is 38.2 Å². The Bertz CT molecular complexity index is 1540. The second-order valence-corrected chi connectivity index (χ2v) is 10.1. The van der Waals surface area contributed by atoms with Crippen molar-refractivity contribution >= 4 is 27.5 Å². The lowest BCUT2D eigenvalue weighted by Gasteiger charge is -2.33. The van der Waals surface area contributed by atoms with Gasteiger partial charge in [0.1, 0.15) is 17.8 Å². The minimum atomic E-state index is -0.518. The number of nitrogens with zero attached hydrogens (tertiary/aromatic N) is 5. The van der Waals surface area contributed by atoms with Crippen LogP contribution >= 0.6 is 0 Å². The van der Waals surface area contributed by atoms with Crippen molar-refractivity contribution in [3.63, 3.8) is 0 Å². The first-order valence-electron chi connectivity index (χ1n) is 13.1. The van der Waals surface area contributed by atoms with E-state index in [0.717, 1.165) is 60.1 Å². The van der Waals surface area contributed by atoms with Gasteiger partial charge in [-0.15, -0.1) is 6.42 Å². The molecule has 7 rings (SSSR count). The molecule has 3 saturated heterocycles. The molecule has 3 aliphatic rings. The number of halogens is 2. The van der Waals surface area contributed by atoms with Crippen LogP contribution in [0, 0.1) is 18.2 Å². The van der Waals surface area contributed by atoms with E-state index in [9.17, 15) is 8.78 Å². The lowest BCUT2D eigenvalue weighted by atomic mass is 9.96. The minimum Gasteiger partial charge on any atom is -0.467 e. The fourth-order valence-electron chi connectivity index (χ4n) is 5.74. The predicted molar refractivity (Wildman–Crippen MR) is 146 cm³/mol. The van der Waals surface area contributed by atoms with Crippen LogP contribution in [-0.2, 0) is 0 Å². The van der Waals surface area contributed by atoms with Crippen molar-refractivity contribution < 1.29 is 13.5 Å². The third-order valence-electron chi connectivity index (χ3n) is 7.75. The average Bonchev–Trinajstić information content (AvgIpc) is 3.48. The molecule has 6 nitrogen and oxygen atoms in total. The maximum absolute atomic E-state index is 14.4. The molecule has 0 N–H and O–H groups in total. The summed E-state index contributed by atoms with van der Waals surface area (Å²) in [6, 6.07) is 11.7. The van der Waals surface area contributed by atoms with Crippen LogP contribution in [0.4, 0.5) is 14.6 Å². The highest BCUT2D eigenvalue weighted by molar-refractivity contribution is 6.02. The highest BCUT2D eigenvalue weighted by Crippen LogP contribution is 2.36. The fourth-order valence-corrected chi connectivity index (χ4v) is 5.74. The summed E-state index contributed by atoms with van der Waals surface area (Å²) in [4.78, 5) is 18.1. The van der Waals surface area contributed by atoms with Crippen LogP contribution in [0.15, 0.2) is 42.6 Å². The van der Waals surface area contributed by atoms with E-state index in [2.05, 4.69) is 25.7 Å². The van der Waals surface area contributed by atoms with Gasteiger partial charge >= 0.3 is 6.01 Å². The van der Waals surface area contributed by atoms with Gasteiger partial charge in [-0.1, -0.05) is 30.2 Å². The van der Waals surface area contributed by atoms with Crippen LogP contribution in [0.2, 0.25) is 0 Å². The molecule has 194 valence electrons. The van der Waals surface area contributed by atoms with Crippen LogP contribution < -0.4 is 9.64 Å². The van der Waals surface area contributed by atoms with Gasteiger partial charge in [-0.05, 0) is 49.7 Å². The Morgan fingerprint density at radius 3 is 2.71 bits per heavy atom. The SMILES string of the molecule is C#Cc1c(F)ccc2cccc(-c3cc4nc(OC)ncc4c(N4CCC4)n3)c12.FC1CC2CCCN2C1. The smallest absolute Gasteiger partial charge is 0.316 e. The van der Waals surface area contributed by atoms with Gasteiger partial charge in [-0.25, -0.2) is 18.7 Å². The molecule has 0 amide bonds. The first kappa shape index (κ1) is 24.5.